The summed E-state index contributed by atoms with van der Waals surface area (Å²) >= 11 is 0. The Morgan fingerprint density at radius 3 is 2.26 bits per heavy atom. The molecule has 1 N–H and O–H groups in total. The summed E-state index contributed by atoms with van der Waals surface area (Å²) in [7, 11) is 1.56. The van der Waals surface area contributed by atoms with Crippen LogP contribution in [0.4, 0.5) is 0 Å². The highest BCUT2D eigenvalue weighted by Gasteiger charge is 1.97. The highest BCUT2D eigenvalue weighted by molar-refractivity contribution is 5.44. The third kappa shape index (κ3) is 5.68. The highest BCUT2D eigenvalue weighted by atomic mass is 16.5. The molecular formula is C15H18N2O2. The predicted molar refractivity (Wildman–Crippen MR) is 75.4 cm³/mol. The molecule has 0 spiro atoms. The minimum Gasteiger partial charge on any atom is -0.457 e. The van der Waals surface area contributed by atoms with Gasteiger partial charge in [0.15, 0.2) is 0 Å². The maximum absolute atomic E-state index is 9.06. The maximum atomic E-state index is 9.06. The molecule has 0 aliphatic rings. The molecule has 0 fully saturated rings. The topological polar surface area (TPSA) is 51.2 Å². The second kappa shape index (κ2) is 7.87. The van der Waals surface area contributed by atoms with Crippen molar-refractivity contribution in [2.75, 3.05) is 7.05 Å². The largest absolute Gasteiger partial charge is 0.457 e. The first kappa shape index (κ1) is 14.7. The van der Waals surface area contributed by atoms with Gasteiger partial charge in [0, 0.05) is 25.0 Å². The fourth-order valence-electron chi connectivity index (χ4n) is 1.33. The third-order valence-electron chi connectivity index (χ3n) is 2.24. The lowest BCUT2D eigenvalue weighted by molar-refractivity contribution is -0.109. The van der Waals surface area contributed by atoms with Gasteiger partial charge in [-0.15, -0.1) is 0 Å². The number of aryl methyl sites for hydroxylation is 2. The Labute approximate surface area is 113 Å². The van der Waals surface area contributed by atoms with E-state index >= 15 is 0 Å². The van der Waals surface area contributed by atoms with Crippen molar-refractivity contribution in [1.29, 1.82) is 0 Å². The summed E-state index contributed by atoms with van der Waals surface area (Å²) in [5, 5.41) is 2.25. The molecule has 0 radical (unpaired) electrons. The minimum atomic E-state index is 0.625. The quantitative estimate of drug-likeness (QED) is 0.861. The van der Waals surface area contributed by atoms with E-state index < -0.39 is 0 Å². The number of benzene rings is 1. The Morgan fingerprint density at radius 2 is 1.74 bits per heavy atom. The summed E-state index contributed by atoms with van der Waals surface area (Å²) in [5.41, 5.74) is 2.19. The first-order valence-corrected chi connectivity index (χ1v) is 5.94. The molecule has 0 bridgehead atoms. The van der Waals surface area contributed by atoms with Crippen LogP contribution in [0.2, 0.25) is 0 Å². The molecule has 1 aromatic heterocycles. The molecule has 4 heteroatoms. The molecule has 1 amide bonds. The van der Waals surface area contributed by atoms with Crippen LogP contribution in [0.3, 0.4) is 0 Å². The lowest BCUT2D eigenvalue weighted by Crippen LogP contribution is -1.98. The first-order valence-electron chi connectivity index (χ1n) is 5.94. The number of carbonyl (C=O) groups excluding carboxylic acids is 1. The molecule has 19 heavy (non-hydrogen) atoms. The Balaban J connectivity index is 0.000000399. The lowest BCUT2D eigenvalue weighted by atomic mass is 10.2. The van der Waals surface area contributed by atoms with E-state index in [9.17, 15) is 0 Å². The fourth-order valence-corrected chi connectivity index (χ4v) is 1.33. The number of aromatic nitrogens is 1. The molecule has 1 aromatic carbocycles. The SMILES string of the molecule is CNC=O.Cc1ccc(Oc2ccnc(C)c2)cc1. The van der Waals surface area contributed by atoms with Gasteiger partial charge in [0.1, 0.15) is 11.5 Å². The van der Waals surface area contributed by atoms with Gasteiger partial charge in [0.25, 0.3) is 0 Å². The minimum absolute atomic E-state index is 0.625. The fraction of sp³-hybridized carbons (Fsp3) is 0.200. The smallest absolute Gasteiger partial charge is 0.206 e. The summed E-state index contributed by atoms with van der Waals surface area (Å²) in [6.45, 7) is 4.00. The van der Waals surface area contributed by atoms with Crippen molar-refractivity contribution in [3.63, 3.8) is 0 Å². The average Bonchev–Trinajstić information content (AvgIpc) is 2.42. The number of nitrogens with one attached hydrogen (secondary N) is 1. The molecule has 1 heterocycles. The van der Waals surface area contributed by atoms with Crippen LogP contribution < -0.4 is 10.1 Å². The van der Waals surface area contributed by atoms with E-state index in [1.807, 2.05) is 43.3 Å². The van der Waals surface area contributed by atoms with Crippen molar-refractivity contribution in [1.82, 2.24) is 10.3 Å². The number of hydrogen-bond acceptors (Lipinski definition) is 3. The van der Waals surface area contributed by atoms with Gasteiger partial charge < -0.3 is 10.1 Å². The summed E-state index contributed by atoms with van der Waals surface area (Å²) in [4.78, 5) is 13.2. The van der Waals surface area contributed by atoms with E-state index in [0.29, 0.717) is 6.41 Å². The van der Waals surface area contributed by atoms with E-state index in [2.05, 4.69) is 17.2 Å². The number of amides is 1. The molecule has 0 unspecified atom stereocenters. The maximum Gasteiger partial charge on any atom is 0.206 e. The predicted octanol–water partition coefficient (Wildman–Crippen LogP) is 2.85. The zero-order chi connectivity index (χ0) is 14.1. The first-order chi connectivity index (χ1) is 9.15. The second-order valence-corrected chi connectivity index (χ2v) is 3.95. The Kier molecular flexibility index (Phi) is 6.09. The number of rotatable bonds is 3. The van der Waals surface area contributed by atoms with Crippen molar-refractivity contribution in [2.45, 2.75) is 13.8 Å². The van der Waals surface area contributed by atoms with E-state index in [1.54, 1.807) is 13.2 Å². The van der Waals surface area contributed by atoms with E-state index in [1.165, 1.54) is 5.56 Å². The normalized spacial score (nSPS) is 9.00. The summed E-state index contributed by atoms with van der Waals surface area (Å²) < 4.78 is 5.67. The van der Waals surface area contributed by atoms with Crippen LogP contribution in [0.5, 0.6) is 11.5 Å². The number of nitrogens with zero attached hydrogens (tertiary/aromatic N) is 1. The van der Waals surface area contributed by atoms with Crippen LogP contribution in [-0.4, -0.2) is 18.4 Å². The number of hydrogen-bond donors (Lipinski definition) is 1. The van der Waals surface area contributed by atoms with Crippen molar-refractivity contribution in [2.24, 2.45) is 0 Å². The summed E-state index contributed by atoms with van der Waals surface area (Å²) in [5.74, 6) is 1.68. The Morgan fingerprint density at radius 1 is 1.11 bits per heavy atom. The molecule has 0 aliphatic carbocycles. The monoisotopic (exact) mass is 258 g/mol. The third-order valence-corrected chi connectivity index (χ3v) is 2.24. The second-order valence-electron chi connectivity index (χ2n) is 3.95. The van der Waals surface area contributed by atoms with E-state index in [0.717, 1.165) is 17.2 Å². The van der Waals surface area contributed by atoms with Gasteiger partial charge in [-0.3, -0.25) is 9.78 Å². The van der Waals surface area contributed by atoms with Crippen LogP contribution in [0.1, 0.15) is 11.3 Å². The zero-order valence-corrected chi connectivity index (χ0v) is 11.4. The number of pyridine rings is 1. The molecule has 2 rings (SSSR count). The van der Waals surface area contributed by atoms with Crippen molar-refractivity contribution in [3.05, 3.63) is 53.9 Å². The molecular weight excluding hydrogens is 240 g/mol. The van der Waals surface area contributed by atoms with Gasteiger partial charge >= 0.3 is 0 Å². The van der Waals surface area contributed by atoms with Crippen LogP contribution in [-0.2, 0) is 4.79 Å². The van der Waals surface area contributed by atoms with Gasteiger partial charge in [0.05, 0.1) is 0 Å². The number of ether oxygens (including phenoxy) is 1. The van der Waals surface area contributed by atoms with Gasteiger partial charge in [-0.05, 0) is 32.0 Å². The standard InChI is InChI=1S/C13H13NO.C2H5NO/c1-10-3-5-12(6-4-10)15-13-7-8-14-11(2)9-13;1-3-2-4/h3-9H,1-2H3;2H,1H3,(H,3,4). The highest BCUT2D eigenvalue weighted by Crippen LogP contribution is 2.21. The summed E-state index contributed by atoms with van der Waals surface area (Å²) in [6.07, 6.45) is 2.37. The van der Waals surface area contributed by atoms with Crippen molar-refractivity contribution in [3.8, 4) is 11.5 Å². The van der Waals surface area contributed by atoms with Gasteiger partial charge in [-0.2, -0.15) is 0 Å². The van der Waals surface area contributed by atoms with E-state index in [-0.39, 0.29) is 0 Å². The van der Waals surface area contributed by atoms with Crippen LogP contribution in [0, 0.1) is 13.8 Å². The average molecular weight is 258 g/mol. The molecule has 2 aromatic rings. The van der Waals surface area contributed by atoms with Gasteiger partial charge in [-0.25, -0.2) is 0 Å². The molecule has 0 saturated carbocycles. The van der Waals surface area contributed by atoms with Crippen LogP contribution >= 0.6 is 0 Å². The molecule has 0 saturated heterocycles. The van der Waals surface area contributed by atoms with Gasteiger partial charge in [0.2, 0.25) is 6.41 Å². The zero-order valence-electron chi connectivity index (χ0n) is 11.4. The van der Waals surface area contributed by atoms with Crippen LogP contribution in [0.15, 0.2) is 42.6 Å². The molecule has 0 aliphatic heterocycles. The molecule has 100 valence electrons. The number of carbonyl (C=O) groups is 1. The van der Waals surface area contributed by atoms with Crippen LogP contribution in [0.25, 0.3) is 0 Å². The molecule has 4 nitrogen and oxygen atoms in total. The Bertz CT molecular complexity index is 510. The Hall–Kier alpha value is -2.36. The van der Waals surface area contributed by atoms with Gasteiger partial charge in [-0.1, -0.05) is 17.7 Å². The van der Waals surface area contributed by atoms with Crippen molar-refractivity contribution < 1.29 is 9.53 Å². The molecule has 0 atom stereocenters. The lowest BCUT2D eigenvalue weighted by Gasteiger charge is -2.05. The van der Waals surface area contributed by atoms with Crippen molar-refractivity contribution >= 4 is 6.41 Å². The van der Waals surface area contributed by atoms with E-state index in [4.69, 9.17) is 9.53 Å². The summed E-state index contributed by atoms with van der Waals surface area (Å²) in [6, 6.07) is 11.8.